The summed E-state index contributed by atoms with van der Waals surface area (Å²) in [5.41, 5.74) is 0. The molecule has 2 unspecified atom stereocenters. The average Bonchev–Trinajstić information content (AvgIpc) is 2.52. The fraction of sp³-hybridized carbons (Fsp3) is 0.700. The Morgan fingerprint density at radius 2 is 1.30 bits per heavy atom. The van der Waals surface area contributed by atoms with E-state index in [-0.39, 0.29) is 0 Å². The zero-order chi connectivity index (χ0) is 14.5. The molecule has 3 rings (SSSR count). The second-order valence-corrected chi connectivity index (χ2v) is 6.48. The SMILES string of the molecule is C1=CCCCC1.CC1C=CCCC1.CC1CC=CCC1. The van der Waals surface area contributed by atoms with Gasteiger partial charge < -0.3 is 0 Å². The molecule has 0 aliphatic heterocycles. The molecule has 0 spiro atoms. The molecule has 0 amide bonds. The predicted molar refractivity (Wildman–Crippen MR) is 91.9 cm³/mol. The van der Waals surface area contributed by atoms with Crippen LogP contribution in [0.15, 0.2) is 36.5 Å². The van der Waals surface area contributed by atoms with Crippen molar-refractivity contribution < 1.29 is 0 Å². The van der Waals surface area contributed by atoms with Gasteiger partial charge in [0, 0.05) is 0 Å². The summed E-state index contributed by atoms with van der Waals surface area (Å²) in [4.78, 5) is 0. The van der Waals surface area contributed by atoms with Crippen LogP contribution in [0.25, 0.3) is 0 Å². The summed E-state index contributed by atoms with van der Waals surface area (Å²) < 4.78 is 0. The molecule has 0 heterocycles. The zero-order valence-electron chi connectivity index (χ0n) is 13.7. The van der Waals surface area contributed by atoms with Gasteiger partial charge in [-0.05, 0) is 76.0 Å². The third-order valence-electron chi connectivity index (χ3n) is 4.18. The molecule has 0 radical (unpaired) electrons. The largest absolute Gasteiger partial charge is 0.0885 e. The van der Waals surface area contributed by atoms with E-state index in [9.17, 15) is 0 Å². The standard InChI is InChI=1S/2C7H12.C6H10/c2*1-7-5-3-2-4-6-7;1-2-4-6-5-3-1/h3,5,7H,2,4,6H2,1H3;2-3,7H,4-6H2,1H3;1-2H,3-6H2. The van der Waals surface area contributed by atoms with Crippen molar-refractivity contribution in [2.24, 2.45) is 11.8 Å². The third-order valence-corrected chi connectivity index (χ3v) is 4.18. The lowest BCUT2D eigenvalue weighted by Gasteiger charge is -2.09. The summed E-state index contributed by atoms with van der Waals surface area (Å²) >= 11 is 0. The van der Waals surface area contributed by atoms with Gasteiger partial charge in [-0.3, -0.25) is 0 Å². The van der Waals surface area contributed by atoms with Gasteiger partial charge in [0.15, 0.2) is 0 Å². The van der Waals surface area contributed by atoms with Crippen molar-refractivity contribution in [2.75, 3.05) is 0 Å². The number of allylic oxidation sites excluding steroid dienone is 6. The van der Waals surface area contributed by atoms with E-state index in [1.165, 1.54) is 64.2 Å². The van der Waals surface area contributed by atoms with Gasteiger partial charge in [0.25, 0.3) is 0 Å². The second kappa shape index (κ2) is 12.0. The van der Waals surface area contributed by atoms with Crippen LogP contribution in [-0.2, 0) is 0 Å². The van der Waals surface area contributed by atoms with E-state index in [1.807, 2.05) is 0 Å². The first-order valence-electron chi connectivity index (χ1n) is 8.75. The highest BCUT2D eigenvalue weighted by Crippen LogP contribution is 2.16. The molecular weight excluding hydrogens is 240 g/mol. The van der Waals surface area contributed by atoms with Gasteiger partial charge in [0.2, 0.25) is 0 Å². The van der Waals surface area contributed by atoms with E-state index in [0.29, 0.717) is 0 Å². The minimum absolute atomic E-state index is 0.855. The molecule has 0 saturated heterocycles. The molecule has 3 aliphatic rings. The topological polar surface area (TPSA) is 0 Å². The Balaban J connectivity index is 0.000000151. The fourth-order valence-corrected chi connectivity index (χ4v) is 2.69. The highest BCUT2D eigenvalue weighted by atomic mass is 14.1. The molecule has 0 heteroatoms. The molecule has 0 fully saturated rings. The van der Waals surface area contributed by atoms with Crippen LogP contribution in [0.3, 0.4) is 0 Å². The van der Waals surface area contributed by atoms with Crippen LogP contribution in [0.1, 0.15) is 78.1 Å². The summed E-state index contributed by atoms with van der Waals surface area (Å²) in [5.74, 6) is 1.80. The van der Waals surface area contributed by atoms with Crippen molar-refractivity contribution in [2.45, 2.75) is 78.1 Å². The first-order valence-corrected chi connectivity index (χ1v) is 8.75. The van der Waals surface area contributed by atoms with Crippen LogP contribution in [-0.4, -0.2) is 0 Å². The van der Waals surface area contributed by atoms with Gasteiger partial charge in [-0.25, -0.2) is 0 Å². The van der Waals surface area contributed by atoms with Gasteiger partial charge >= 0.3 is 0 Å². The van der Waals surface area contributed by atoms with Crippen LogP contribution < -0.4 is 0 Å². The molecule has 0 saturated carbocycles. The third kappa shape index (κ3) is 10.1. The van der Waals surface area contributed by atoms with Gasteiger partial charge in [-0.2, -0.15) is 0 Å². The number of hydrogen-bond acceptors (Lipinski definition) is 0. The summed E-state index contributed by atoms with van der Waals surface area (Å²) in [5, 5.41) is 0. The molecule has 2 atom stereocenters. The zero-order valence-corrected chi connectivity index (χ0v) is 13.7. The van der Waals surface area contributed by atoms with E-state index in [4.69, 9.17) is 0 Å². The highest BCUT2D eigenvalue weighted by Gasteiger charge is 2.00. The van der Waals surface area contributed by atoms with E-state index < -0.39 is 0 Å². The smallest absolute Gasteiger partial charge is 0.0262 e. The minimum Gasteiger partial charge on any atom is -0.0885 e. The number of rotatable bonds is 0. The Kier molecular flexibility index (Phi) is 10.4. The second-order valence-electron chi connectivity index (χ2n) is 6.48. The van der Waals surface area contributed by atoms with Crippen molar-refractivity contribution in [1.29, 1.82) is 0 Å². The van der Waals surface area contributed by atoms with Gasteiger partial charge in [-0.15, -0.1) is 0 Å². The lowest BCUT2D eigenvalue weighted by atomic mass is 9.97. The van der Waals surface area contributed by atoms with Gasteiger partial charge in [0.1, 0.15) is 0 Å². The normalized spacial score (nSPS) is 27.9. The summed E-state index contributed by atoms with van der Waals surface area (Å²) in [6, 6.07) is 0. The quantitative estimate of drug-likeness (QED) is 0.424. The van der Waals surface area contributed by atoms with Crippen molar-refractivity contribution in [1.82, 2.24) is 0 Å². The molecule has 0 N–H and O–H groups in total. The Morgan fingerprint density at radius 1 is 0.650 bits per heavy atom. The maximum atomic E-state index is 2.31. The lowest BCUT2D eigenvalue weighted by Crippen LogP contribution is -1.94. The molecule has 3 aliphatic carbocycles. The first-order chi connectivity index (χ1) is 9.79. The Bertz CT molecular complexity index is 287. The maximum absolute atomic E-state index is 2.31. The van der Waals surface area contributed by atoms with Crippen LogP contribution >= 0.6 is 0 Å². The molecule has 0 aromatic heterocycles. The lowest BCUT2D eigenvalue weighted by molar-refractivity contribution is 0.527. The fourth-order valence-electron chi connectivity index (χ4n) is 2.69. The molecule has 20 heavy (non-hydrogen) atoms. The van der Waals surface area contributed by atoms with Crippen LogP contribution in [0.5, 0.6) is 0 Å². The minimum atomic E-state index is 0.855. The van der Waals surface area contributed by atoms with E-state index >= 15 is 0 Å². The molecule has 0 nitrogen and oxygen atoms in total. The van der Waals surface area contributed by atoms with Gasteiger partial charge in [-0.1, -0.05) is 50.3 Å². The van der Waals surface area contributed by atoms with Crippen LogP contribution in [0.4, 0.5) is 0 Å². The predicted octanol–water partition coefficient (Wildman–Crippen LogP) is 6.84. The summed E-state index contributed by atoms with van der Waals surface area (Å²) in [6.07, 6.45) is 27.3. The Hall–Kier alpha value is -0.780. The van der Waals surface area contributed by atoms with Gasteiger partial charge in [0.05, 0.1) is 0 Å². The van der Waals surface area contributed by atoms with Crippen molar-refractivity contribution in [3.63, 3.8) is 0 Å². The maximum Gasteiger partial charge on any atom is -0.0262 e. The Morgan fingerprint density at radius 3 is 1.55 bits per heavy atom. The first kappa shape index (κ1) is 17.3. The molecule has 114 valence electrons. The van der Waals surface area contributed by atoms with Crippen molar-refractivity contribution in [3.8, 4) is 0 Å². The van der Waals surface area contributed by atoms with E-state index in [1.54, 1.807) is 0 Å². The highest BCUT2D eigenvalue weighted by molar-refractivity contribution is 4.90. The van der Waals surface area contributed by atoms with Crippen molar-refractivity contribution >= 4 is 0 Å². The molecule has 0 aromatic carbocycles. The Labute approximate surface area is 127 Å². The van der Waals surface area contributed by atoms with Crippen LogP contribution in [0, 0.1) is 11.8 Å². The summed E-state index contributed by atoms with van der Waals surface area (Å²) in [6.45, 7) is 4.58. The molecule has 0 aromatic rings. The number of hydrogen-bond donors (Lipinski definition) is 0. The average molecular weight is 274 g/mol. The van der Waals surface area contributed by atoms with Crippen molar-refractivity contribution in [3.05, 3.63) is 36.5 Å². The molecular formula is C20H34. The van der Waals surface area contributed by atoms with E-state index in [0.717, 1.165) is 11.8 Å². The van der Waals surface area contributed by atoms with Crippen LogP contribution in [0.2, 0.25) is 0 Å². The molecule has 0 bridgehead atoms. The summed E-state index contributed by atoms with van der Waals surface area (Å²) in [7, 11) is 0. The monoisotopic (exact) mass is 274 g/mol. The van der Waals surface area contributed by atoms with E-state index in [2.05, 4.69) is 50.3 Å².